The number of aliphatic hydroxyl groups excluding tert-OH is 1. The van der Waals surface area contributed by atoms with E-state index in [-0.39, 0.29) is 24.9 Å². The second kappa shape index (κ2) is 3.18. The van der Waals surface area contributed by atoms with Crippen molar-refractivity contribution in [3.8, 4) is 5.75 Å². The molecule has 3 nitrogen and oxygen atoms in total. The van der Waals surface area contributed by atoms with Crippen LogP contribution in [0, 0.1) is 0 Å². The molecule has 1 atom stereocenters. The highest BCUT2D eigenvalue weighted by Crippen LogP contribution is 2.26. The SMILES string of the molecule is O=C1C[C@H](CO)Oc2ccccc21. The molecule has 2 rings (SSSR count). The van der Waals surface area contributed by atoms with Gasteiger partial charge in [-0.15, -0.1) is 0 Å². The largest absolute Gasteiger partial charge is 0.487 e. The Morgan fingerprint density at radius 3 is 3.00 bits per heavy atom. The maximum Gasteiger partial charge on any atom is 0.170 e. The van der Waals surface area contributed by atoms with Gasteiger partial charge >= 0.3 is 0 Å². The van der Waals surface area contributed by atoms with E-state index >= 15 is 0 Å². The van der Waals surface area contributed by atoms with E-state index < -0.39 is 0 Å². The zero-order valence-corrected chi connectivity index (χ0v) is 7.06. The maximum absolute atomic E-state index is 11.5. The van der Waals surface area contributed by atoms with Gasteiger partial charge in [-0.25, -0.2) is 0 Å². The second-order valence-corrected chi connectivity index (χ2v) is 3.05. The molecule has 1 aromatic rings. The van der Waals surface area contributed by atoms with Crippen molar-refractivity contribution in [2.75, 3.05) is 6.61 Å². The smallest absolute Gasteiger partial charge is 0.170 e. The first kappa shape index (κ1) is 8.26. The summed E-state index contributed by atoms with van der Waals surface area (Å²) in [6.45, 7) is -0.111. The van der Waals surface area contributed by atoms with Crippen molar-refractivity contribution in [1.29, 1.82) is 0 Å². The Morgan fingerprint density at radius 2 is 2.23 bits per heavy atom. The quantitative estimate of drug-likeness (QED) is 0.698. The Labute approximate surface area is 76.0 Å². The third-order valence-corrected chi connectivity index (χ3v) is 2.10. The molecule has 3 heteroatoms. The molecule has 0 radical (unpaired) electrons. The standard InChI is InChI=1S/C10H10O3/c11-6-7-5-9(12)8-3-1-2-4-10(8)13-7/h1-4,7,11H,5-6H2/t7-/m1/s1. The molecule has 1 aliphatic heterocycles. The number of ketones is 1. The van der Waals surface area contributed by atoms with Crippen molar-refractivity contribution in [3.05, 3.63) is 29.8 Å². The predicted octanol–water partition coefficient (Wildman–Crippen LogP) is 1.01. The second-order valence-electron chi connectivity index (χ2n) is 3.05. The molecule has 0 spiro atoms. The van der Waals surface area contributed by atoms with Gasteiger partial charge in [-0.2, -0.15) is 0 Å². The Morgan fingerprint density at radius 1 is 1.46 bits per heavy atom. The Hall–Kier alpha value is -1.35. The molecule has 1 aliphatic rings. The fourth-order valence-electron chi connectivity index (χ4n) is 1.44. The number of carbonyl (C=O) groups excluding carboxylic acids is 1. The molecule has 0 amide bonds. The summed E-state index contributed by atoms with van der Waals surface area (Å²) < 4.78 is 5.38. The molecule has 0 aliphatic carbocycles. The molecule has 13 heavy (non-hydrogen) atoms. The van der Waals surface area contributed by atoms with Crippen LogP contribution in [0.15, 0.2) is 24.3 Å². The Bertz CT molecular complexity index is 333. The minimum absolute atomic E-state index is 0.0425. The van der Waals surface area contributed by atoms with Gasteiger partial charge in [0.25, 0.3) is 0 Å². The van der Waals surface area contributed by atoms with Gasteiger partial charge in [0.2, 0.25) is 0 Å². The van der Waals surface area contributed by atoms with E-state index in [1.807, 2.05) is 6.07 Å². The van der Waals surface area contributed by atoms with Crippen LogP contribution in [0.1, 0.15) is 16.8 Å². The number of hydrogen-bond donors (Lipinski definition) is 1. The zero-order chi connectivity index (χ0) is 9.26. The van der Waals surface area contributed by atoms with Crippen LogP contribution in [0.2, 0.25) is 0 Å². The molecule has 0 bridgehead atoms. The van der Waals surface area contributed by atoms with E-state index in [9.17, 15) is 4.79 Å². The van der Waals surface area contributed by atoms with E-state index in [2.05, 4.69) is 0 Å². The number of ether oxygens (including phenoxy) is 1. The van der Waals surface area contributed by atoms with Gasteiger partial charge in [0.1, 0.15) is 11.9 Å². The molecule has 1 N–H and O–H groups in total. The molecule has 0 aromatic heterocycles. The summed E-state index contributed by atoms with van der Waals surface area (Å²) in [5, 5.41) is 8.86. The summed E-state index contributed by atoms with van der Waals surface area (Å²) in [5.74, 6) is 0.624. The van der Waals surface area contributed by atoms with Crippen molar-refractivity contribution < 1.29 is 14.6 Å². The van der Waals surface area contributed by atoms with Crippen LogP contribution in [0.5, 0.6) is 5.75 Å². The fourth-order valence-corrected chi connectivity index (χ4v) is 1.44. The third-order valence-electron chi connectivity index (χ3n) is 2.10. The van der Waals surface area contributed by atoms with Crippen LogP contribution in [0.25, 0.3) is 0 Å². The van der Waals surface area contributed by atoms with E-state index in [0.717, 1.165) is 0 Å². The van der Waals surface area contributed by atoms with Gasteiger partial charge < -0.3 is 9.84 Å². The third kappa shape index (κ3) is 1.42. The number of Topliss-reactive ketones (excluding diaryl/α,β-unsaturated/α-hetero) is 1. The predicted molar refractivity (Wildman–Crippen MR) is 46.9 cm³/mol. The van der Waals surface area contributed by atoms with Crippen LogP contribution < -0.4 is 4.74 Å². The van der Waals surface area contributed by atoms with Crippen molar-refractivity contribution in [1.82, 2.24) is 0 Å². The molecule has 0 saturated heterocycles. The van der Waals surface area contributed by atoms with Crippen molar-refractivity contribution in [2.24, 2.45) is 0 Å². The number of hydrogen-bond acceptors (Lipinski definition) is 3. The summed E-state index contributed by atoms with van der Waals surface area (Å²) in [4.78, 5) is 11.5. The van der Waals surface area contributed by atoms with Crippen LogP contribution >= 0.6 is 0 Å². The average molecular weight is 178 g/mol. The van der Waals surface area contributed by atoms with E-state index in [1.165, 1.54) is 0 Å². The van der Waals surface area contributed by atoms with Crippen LogP contribution in [0.4, 0.5) is 0 Å². The lowest BCUT2D eigenvalue weighted by atomic mass is 10.0. The average Bonchev–Trinajstić information content (AvgIpc) is 2.18. The van der Waals surface area contributed by atoms with Gasteiger partial charge in [-0.3, -0.25) is 4.79 Å². The molecule has 0 unspecified atom stereocenters. The lowest BCUT2D eigenvalue weighted by Crippen LogP contribution is -2.29. The Kier molecular flexibility index (Phi) is 2.02. The molecule has 68 valence electrons. The van der Waals surface area contributed by atoms with E-state index in [4.69, 9.17) is 9.84 Å². The number of benzene rings is 1. The highest BCUT2D eigenvalue weighted by molar-refractivity contribution is 5.99. The summed E-state index contributed by atoms with van der Waals surface area (Å²) in [6.07, 6.45) is -0.101. The molecular formula is C10H10O3. The first-order valence-electron chi connectivity index (χ1n) is 4.21. The van der Waals surface area contributed by atoms with Crippen molar-refractivity contribution in [3.63, 3.8) is 0 Å². The highest BCUT2D eigenvalue weighted by Gasteiger charge is 2.24. The fraction of sp³-hybridized carbons (Fsp3) is 0.300. The molecule has 0 saturated carbocycles. The number of aliphatic hydroxyl groups is 1. The van der Waals surface area contributed by atoms with Gasteiger partial charge in [-0.1, -0.05) is 12.1 Å². The summed E-state index contributed by atoms with van der Waals surface area (Å²) in [7, 11) is 0. The maximum atomic E-state index is 11.5. The van der Waals surface area contributed by atoms with Gasteiger partial charge in [-0.05, 0) is 12.1 Å². The summed E-state index contributed by atoms with van der Waals surface area (Å²) in [5.41, 5.74) is 0.618. The molecular weight excluding hydrogens is 168 g/mol. The van der Waals surface area contributed by atoms with E-state index in [1.54, 1.807) is 18.2 Å². The van der Waals surface area contributed by atoms with Gasteiger partial charge in [0.15, 0.2) is 5.78 Å². The first-order valence-corrected chi connectivity index (χ1v) is 4.21. The molecule has 1 heterocycles. The topological polar surface area (TPSA) is 46.5 Å². The minimum Gasteiger partial charge on any atom is -0.487 e. The highest BCUT2D eigenvalue weighted by atomic mass is 16.5. The van der Waals surface area contributed by atoms with Crippen LogP contribution in [0.3, 0.4) is 0 Å². The monoisotopic (exact) mass is 178 g/mol. The number of fused-ring (bicyclic) bond motifs is 1. The van der Waals surface area contributed by atoms with Gasteiger partial charge in [0, 0.05) is 0 Å². The zero-order valence-electron chi connectivity index (χ0n) is 7.06. The number of carbonyl (C=O) groups is 1. The lowest BCUT2D eigenvalue weighted by Gasteiger charge is -2.23. The molecule has 1 aromatic carbocycles. The van der Waals surface area contributed by atoms with Crippen molar-refractivity contribution in [2.45, 2.75) is 12.5 Å². The summed E-state index contributed by atoms with van der Waals surface area (Å²) in [6, 6.07) is 7.10. The first-order chi connectivity index (χ1) is 6.31. The van der Waals surface area contributed by atoms with E-state index in [0.29, 0.717) is 11.3 Å². The summed E-state index contributed by atoms with van der Waals surface area (Å²) >= 11 is 0. The Balaban J connectivity index is 2.37. The minimum atomic E-state index is -0.373. The lowest BCUT2D eigenvalue weighted by molar-refractivity contribution is 0.0704. The van der Waals surface area contributed by atoms with Gasteiger partial charge in [0.05, 0.1) is 18.6 Å². The van der Waals surface area contributed by atoms with Crippen LogP contribution in [-0.4, -0.2) is 23.6 Å². The normalized spacial score (nSPS) is 20.7. The van der Waals surface area contributed by atoms with Crippen molar-refractivity contribution >= 4 is 5.78 Å². The number of rotatable bonds is 1. The van der Waals surface area contributed by atoms with Crippen LogP contribution in [-0.2, 0) is 0 Å². The molecule has 0 fully saturated rings. The number of para-hydroxylation sites is 1.